The number of hydrogen-bond donors (Lipinski definition) is 3. The molecule has 0 bridgehead atoms. The molecule has 1 unspecified atom stereocenters. The average Bonchev–Trinajstić information content (AvgIpc) is 3.12. The van der Waals surface area contributed by atoms with Gasteiger partial charge in [-0.25, -0.2) is 9.88 Å². The number of amides is 2. The minimum atomic E-state index is -3.56. The Labute approximate surface area is 306 Å². The van der Waals surface area contributed by atoms with Crippen molar-refractivity contribution in [1.82, 2.24) is 14.9 Å². The summed E-state index contributed by atoms with van der Waals surface area (Å²) in [7, 11) is 0.262. The molecule has 0 spiro atoms. The molecule has 0 saturated heterocycles. The third-order valence-electron chi connectivity index (χ3n) is 7.53. The lowest BCUT2D eigenvalue weighted by atomic mass is 10.2. The summed E-state index contributed by atoms with van der Waals surface area (Å²) in [6.45, 7) is 6.43. The minimum Gasteiger partial charge on any atom is -0.460 e. The lowest BCUT2D eigenvalue weighted by Gasteiger charge is -2.24. The first-order chi connectivity index (χ1) is 24.8. The fourth-order valence-electron chi connectivity index (χ4n) is 4.55. The number of carbonyl (C=O) groups is 3. The van der Waals surface area contributed by atoms with Gasteiger partial charge in [-0.2, -0.15) is 0 Å². The number of likely N-dealkylation sites (N-methyl/N-ethyl adjacent to an activating group) is 1. The molecular formula is C38H52N5O8P. The summed E-state index contributed by atoms with van der Waals surface area (Å²) < 4.78 is 36.8. The summed E-state index contributed by atoms with van der Waals surface area (Å²) in [5.74, 6) is -0.419. The van der Waals surface area contributed by atoms with Crippen molar-refractivity contribution in [3.8, 4) is 5.75 Å². The standard InChI is InChI=1S/C38H52N5O8P/c1-29(25-48-28-43(23-22-42(4)5)38(46)50-27-33-18-20-34(21-19-33)40-36(44)30(2)39)13-12-24-52(47,51-35-16-10-7-11-17-35)41-31(3)37(45)49-26-32-14-8-6-9-15-32/h6-11,13-21,30-31H,12,22-28,39H2,1-5H3,(H,40,44)(H,41,47)/b29-13+/t30-,31-,52?/m0/s1. The van der Waals surface area contributed by atoms with Crippen molar-refractivity contribution in [3.63, 3.8) is 0 Å². The highest BCUT2D eigenvalue weighted by Gasteiger charge is 2.30. The van der Waals surface area contributed by atoms with Crippen LogP contribution < -0.4 is 20.7 Å². The number of para-hydroxylation sites is 1. The number of benzene rings is 3. The number of anilines is 1. The Hall–Kier alpha value is -4.52. The minimum absolute atomic E-state index is 0.000128. The van der Waals surface area contributed by atoms with Gasteiger partial charge in [-0.1, -0.05) is 72.3 Å². The number of nitrogens with two attached hydrogens (primary N) is 1. The molecule has 3 aromatic carbocycles. The first-order valence-corrected chi connectivity index (χ1v) is 18.9. The van der Waals surface area contributed by atoms with E-state index in [9.17, 15) is 18.9 Å². The molecule has 3 rings (SSSR count). The van der Waals surface area contributed by atoms with Crippen LogP contribution in [0.5, 0.6) is 5.75 Å². The molecule has 3 aromatic rings. The summed E-state index contributed by atoms with van der Waals surface area (Å²) in [6, 6.07) is 23.6. The number of ether oxygens (including phenoxy) is 3. The zero-order valence-electron chi connectivity index (χ0n) is 30.7. The van der Waals surface area contributed by atoms with Crippen LogP contribution in [0.4, 0.5) is 10.5 Å². The molecule has 2 amide bonds. The van der Waals surface area contributed by atoms with Gasteiger partial charge in [0.2, 0.25) is 5.91 Å². The van der Waals surface area contributed by atoms with Crippen molar-refractivity contribution in [2.45, 2.75) is 52.5 Å². The first-order valence-electron chi connectivity index (χ1n) is 17.1. The predicted molar refractivity (Wildman–Crippen MR) is 202 cm³/mol. The number of allylic oxidation sites excluding steroid dienone is 1. The number of nitrogens with one attached hydrogen (secondary N) is 2. The molecule has 0 heterocycles. The van der Waals surface area contributed by atoms with E-state index < -0.39 is 31.7 Å². The van der Waals surface area contributed by atoms with Gasteiger partial charge in [-0.05, 0) is 76.7 Å². The predicted octanol–water partition coefficient (Wildman–Crippen LogP) is 5.78. The average molecular weight is 738 g/mol. The maximum Gasteiger partial charge on any atom is 0.411 e. The summed E-state index contributed by atoms with van der Waals surface area (Å²) in [5.41, 5.74) is 8.66. The summed E-state index contributed by atoms with van der Waals surface area (Å²) in [4.78, 5) is 41.0. The molecule has 0 aromatic heterocycles. The van der Waals surface area contributed by atoms with E-state index in [1.165, 1.54) is 4.90 Å². The van der Waals surface area contributed by atoms with Crippen molar-refractivity contribution in [3.05, 3.63) is 108 Å². The smallest absolute Gasteiger partial charge is 0.411 e. The van der Waals surface area contributed by atoms with Crippen LogP contribution in [0.15, 0.2) is 96.6 Å². The van der Waals surface area contributed by atoms with Gasteiger partial charge in [-0.3, -0.25) is 19.1 Å². The Morgan fingerprint density at radius 3 is 2.12 bits per heavy atom. The van der Waals surface area contributed by atoms with Crippen molar-refractivity contribution in [2.24, 2.45) is 5.73 Å². The maximum absolute atomic E-state index is 14.0. The molecule has 0 radical (unpaired) electrons. The van der Waals surface area contributed by atoms with Gasteiger partial charge in [0.25, 0.3) is 0 Å². The van der Waals surface area contributed by atoms with E-state index in [-0.39, 0.29) is 38.6 Å². The quantitative estimate of drug-likeness (QED) is 0.0526. The fraction of sp³-hybridized carbons (Fsp3) is 0.395. The van der Waals surface area contributed by atoms with Crippen molar-refractivity contribution in [1.29, 1.82) is 0 Å². The second-order valence-electron chi connectivity index (χ2n) is 12.7. The lowest BCUT2D eigenvalue weighted by molar-refractivity contribution is -0.146. The topological polar surface area (TPSA) is 162 Å². The van der Waals surface area contributed by atoms with Gasteiger partial charge in [0.15, 0.2) is 0 Å². The molecule has 14 heteroatoms. The van der Waals surface area contributed by atoms with Gasteiger partial charge in [-0.15, -0.1) is 0 Å². The zero-order valence-corrected chi connectivity index (χ0v) is 31.6. The lowest BCUT2D eigenvalue weighted by Crippen LogP contribution is -2.38. The van der Waals surface area contributed by atoms with Gasteiger partial charge in [0.05, 0.1) is 18.8 Å². The molecule has 4 N–H and O–H groups in total. The second kappa shape index (κ2) is 21.8. The van der Waals surface area contributed by atoms with E-state index in [2.05, 4.69) is 10.4 Å². The molecule has 0 aliphatic carbocycles. The molecule has 52 heavy (non-hydrogen) atoms. The highest BCUT2D eigenvalue weighted by Crippen LogP contribution is 2.44. The highest BCUT2D eigenvalue weighted by molar-refractivity contribution is 7.57. The van der Waals surface area contributed by atoms with Crippen LogP contribution in [-0.4, -0.2) is 86.5 Å². The van der Waals surface area contributed by atoms with Crippen LogP contribution in [-0.2, 0) is 41.6 Å². The number of nitrogens with zero attached hydrogens (tertiary/aromatic N) is 2. The normalized spacial score (nSPS) is 13.8. The Balaban J connectivity index is 1.53. The second-order valence-corrected chi connectivity index (χ2v) is 14.9. The van der Waals surface area contributed by atoms with Crippen molar-refractivity contribution in [2.75, 3.05) is 52.0 Å². The van der Waals surface area contributed by atoms with Gasteiger partial charge >= 0.3 is 19.6 Å². The van der Waals surface area contributed by atoms with E-state index in [0.717, 1.165) is 16.7 Å². The number of rotatable bonds is 21. The fourth-order valence-corrected chi connectivity index (χ4v) is 6.45. The van der Waals surface area contributed by atoms with Crippen LogP contribution in [0.25, 0.3) is 0 Å². The number of carbonyl (C=O) groups excluding carboxylic acids is 3. The molecule has 0 aliphatic heterocycles. The molecule has 3 atom stereocenters. The largest absolute Gasteiger partial charge is 0.460 e. The zero-order chi connectivity index (χ0) is 37.9. The number of hydrogen-bond acceptors (Lipinski definition) is 10. The Bertz CT molecular complexity index is 1620. The van der Waals surface area contributed by atoms with Crippen LogP contribution in [0.1, 0.15) is 38.3 Å². The van der Waals surface area contributed by atoms with E-state index >= 15 is 0 Å². The monoisotopic (exact) mass is 737 g/mol. The molecule has 0 saturated carbocycles. The molecule has 13 nitrogen and oxygen atoms in total. The van der Waals surface area contributed by atoms with Gasteiger partial charge in [0.1, 0.15) is 31.7 Å². The van der Waals surface area contributed by atoms with Crippen LogP contribution in [0.3, 0.4) is 0 Å². The summed E-state index contributed by atoms with van der Waals surface area (Å²) in [5, 5.41) is 5.61. The molecular weight excluding hydrogens is 685 g/mol. The Morgan fingerprint density at radius 1 is 0.865 bits per heavy atom. The van der Waals surface area contributed by atoms with E-state index in [1.54, 1.807) is 62.4 Å². The third kappa shape index (κ3) is 15.8. The maximum atomic E-state index is 14.0. The first kappa shape index (κ1) is 41.9. The van der Waals surface area contributed by atoms with Gasteiger partial charge in [0, 0.05) is 18.8 Å². The number of esters is 1. The molecule has 282 valence electrons. The molecule has 0 fully saturated rings. The van der Waals surface area contributed by atoms with E-state index in [4.69, 9.17) is 24.5 Å². The SMILES string of the molecule is C/C(=C\CCP(=O)(N[C@@H](C)C(=O)OCc1ccccc1)Oc1ccccc1)COCN(CCN(C)C)C(=O)OCc1ccc(NC(=O)[C@H](C)N)cc1. The van der Waals surface area contributed by atoms with E-state index in [0.29, 0.717) is 30.9 Å². The van der Waals surface area contributed by atoms with Gasteiger partial charge < -0.3 is 34.7 Å². The van der Waals surface area contributed by atoms with Crippen LogP contribution >= 0.6 is 7.52 Å². The Kier molecular flexibility index (Phi) is 17.5. The van der Waals surface area contributed by atoms with Crippen LogP contribution in [0.2, 0.25) is 0 Å². The van der Waals surface area contributed by atoms with Crippen molar-refractivity contribution < 1.29 is 37.7 Å². The van der Waals surface area contributed by atoms with E-state index in [1.807, 2.05) is 68.4 Å². The molecule has 0 aliphatic rings. The summed E-state index contributed by atoms with van der Waals surface area (Å²) in [6.07, 6.45) is 1.84. The highest BCUT2D eigenvalue weighted by atomic mass is 31.2. The van der Waals surface area contributed by atoms with Crippen LogP contribution in [0, 0.1) is 0 Å². The van der Waals surface area contributed by atoms with Crippen molar-refractivity contribution >= 4 is 31.2 Å². The summed E-state index contributed by atoms with van der Waals surface area (Å²) >= 11 is 0. The Morgan fingerprint density at radius 2 is 1.48 bits per heavy atom. The third-order valence-corrected chi connectivity index (χ3v) is 9.66.